The van der Waals surface area contributed by atoms with Gasteiger partial charge in [-0.3, -0.25) is 4.98 Å². The third kappa shape index (κ3) is 6.48. The lowest BCUT2D eigenvalue weighted by Crippen LogP contribution is -2.46. The fourth-order valence-electron chi connectivity index (χ4n) is 2.55. The molecule has 1 atom stereocenters. The molecule has 2 heterocycles. The minimum Gasteiger partial charge on any atom is -0.335 e. The highest BCUT2D eigenvalue weighted by Crippen LogP contribution is 2.11. The van der Waals surface area contributed by atoms with Crippen LogP contribution in [0.15, 0.2) is 35.2 Å². The zero-order chi connectivity index (χ0) is 18.2. The van der Waals surface area contributed by atoms with Gasteiger partial charge in [0.05, 0.1) is 0 Å². The largest absolute Gasteiger partial charge is 0.335 e. The van der Waals surface area contributed by atoms with Gasteiger partial charge in [-0.05, 0) is 62.0 Å². The molecule has 0 radical (unpaired) electrons. The first-order chi connectivity index (χ1) is 12.0. The van der Waals surface area contributed by atoms with Gasteiger partial charge in [-0.25, -0.2) is 4.79 Å². The lowest BCUT2D eigenvalue weighted by atomic mass is 10.1. The first-order valence-corrected chi connectivity index (χ1v) is 9.51. The van der Waals surface area contributed by atoms with Gasteiger partial charge >= 0.3 is 6.03 Å². The molecule has 1 unspecified atom stereocenters. The highest BCUT2D eigenvalue weighted by atomic mass is 32.1. The Balaban J connectivity index is 1.96. The number of aryl methyl sites for hydroxylation is 1. The van der Waals surface area contributed by atoms with E-state index in [0.29, 0.717) is 13.1 Å². The van der Waals surface area contributed by atoms with E-state index in [4.69, 9.17) is 0 Å². The number of nitrogens with one attached hydrogen (secondary N) is 1. The lowest BCUT2D eigenvalue weighted by molar-refractivity contribution is 0.185. The molecule has 2 rings (SSSR count). The van der Waals surface area contributed by atoms with Crippen LogP contribution < -0.4 is 5.32 Å². The van der Waals surface area contributed by atoms with Crippen LogP contribution in [0.4, 0.5) is 4.79 Å². The van der Waals surface area contributed by atoms with Crippen molar-refractivity contribution in [3.8, 4) is 0 Å². The number of carbonyl (C=O) groups is 1. The van der Waals surface area contributed by atoms with Gasteiger partial charge in [0.1, 0.15) is 0 Å². The van der Waals surface area contributed by atoms with Crippen molar-refractivity contribution in [1.29, 1.82) is 0 Å². The first-order valence-electron chi connectivity index (χ1n) is 8.57. The predicted octanol–water partition coefficient (Wildman–Crippen LogP) is 3.16. The number of carbonyl (C=O) groups excluding carboxylic acids is 1. The van der Waals surface area contributed by atoms with E-state index in [1.54, 1.807) is 17.5 Å². The third-order valence-corrected chi connectivity index (χ3v) is 4.78. The number of pyridine rings is 1. The van der Waals surface area contributed by atoms with Gasteiger partial charge in [0.25, 0.3) is 0 Å². The van der Waals surface area contributed by atoms with Crippen molar-refractivity contribution in [2.45, 2.75) is 32.9 Å². The molecule has 6 heteroatoms. The highest BCUT2D eigenvalue weighted by Gasteiger charge is 2.17. The summed E-state index contributed by atoms with van der Waals surface area (Å²) in [5.41, 5.74) is 3.37. The lowest BCUT2D eigenvalue weighted by Gasteiger charge is -2.26. The van der Waals surface area contributed by atoms with Gasteiger partial charge < -0.3 is 15.1 Å². The minimum absolute atomic E-state index is 0.0193. The van der Waals surface area contributed by atoms with Crippen LogP contribution in [0.25, 0.3) is 0 Å². The van der Waals surface area contributed by atoms with Crippen LogP contribution in [0.1, 0.15) is 23.7 Å². The molecule has 0 spiro atoms. The summed E-state index contributed by atoms with van der Waals surface area (Å²) < 4.78 is 0. The molecule has 0 aliphatic heterocycles. The van der Waals surface area contributed by atoms with Crippen LogP contribution in [-0.2, 0) is 13.0 Å². The van der Waals surface area contributed by atoms with Crippen molar-refractivity contribution in [3.05, 3.63) is 52.0 Å². The second kappa shape index (κ2) is 9.53. The van der Waals surface area contributed by atoms with E-state index in [1.165, 1.54) is 5.56 Å². The molecular weight excluding hydrogens is 332 g/mol. The molecule has 2 aromatic heterocycles. The Morgan fingerprint density at radius 2 is 2.12 bits per heavy atom. The van der Waals surface area contributed by atoms with E-state index >= 15 is 0 Å². The Morgan fingerprint density at radius 1 is 1.32 bits per heavy atom. The average molecular weight is 361 g/mol. The summed E-state index contributed by atoms with van der Waals surface area (Å²) in [6.45, 7) is 6.26. The second-order valence-corrected chi connectivity index (χ2v) is 7.46. The predicted molar refractivity (Wildman–Crippen MR) is 104 cm³/mol. The first kappa shape index (κ1) is 19.4. The van der Waals surface area contributed by atoms with Crippen molar-refractivity contribution >= 4 is 17.4 Å². The molecule has 0 bridgehead atoms. The van der Waals surface area contributed by atoms with Crippen LogP contribution in [0, 0.1) is 6.92 Å². The SMILES string of the molecule is Cc1cccnc1CC(C)NC(=O)N(CCN(C)C)Cc1ccsc1. The molecule has 0 aliphatic rings. The standard InChI is InChI=1S/C19H28N4OS/c1-15-6-5-8-20-18(15)12-16(2)21-19(24)23(10-9-22(3)4)13-17-7-11-25-14-17/h5-8,11,14,16H,9-10,12-13H2,1-4H3,(H,21,24). The van der Waals surface area contributed by atoms with E-state index in [1.807, 2.05) is 37.4 Å². The quantitative estimate of drug-likeness (QED) is 0.787. The molecule has 0 aliphatic carbocycles. The maximum Gasteiger partial charge on any atom is 0.317 e. The molecular formula is C19H28N4OS. The molecule has 0 aromatic carbocycles. The Labute approximate surface area is 154 Å². The molecule has 2 aromatic rings. The molecule has 136 valence electrons. The number of thiophene rings is 1. The fourth-order valence-corrected chi connectivity index (χ4v) is 3.21. The summed E-state index contributed by atoms with van der Waals surface area (Å²) in [4.78, 5) is 21.1. The van der Waals surface area contributed by atoms with Gasteiger partial charge in [-0.1, -0.05) is 6.07 Å². The molecule has 0 saturated heterocycles. The number of nitrogens with zero attached hydrogens (tertiary/aromatic N) is 3. The summed E-state index contributed by atoms with van der Waals surface area (Å²) in [6.07, 6.45) is 2.54. The zero-order valence-corrected chi connectivity index (χ0v) is 16.3. The molecule has 1 N–H and O–H groups in total. The van der Waals surface area contributed by atoms with E-state index < -0.39 is 0 Å². The van der Waals surface area contributed by atoms with Gasteiger partial charge in [-0.2, -0.15) is 11.3 Å². The Bertz CT molecular complexity index is 657. The summed E-state index contributed by atoms with van der Waals surface area (Å²) in [5.74, 6) is 0. The summed E-state index contributed by atoms with van der Waals surface area (Å²) >= 11 is 1.66. The molecule has 0 fully saturated rings. The number of hydrogen-bond donors (Lipinski definition) is 1. The molecule has 2 amide bonds. The van der Waals surface area contributed by atoms with Gasteiger partial charge in [0.2, 0.25) is 0 Å². The smallest absolute Gasteiger partial charge is 0.317 e. The van der Waals surface area contributed by atoms with Crippen LogP contribution in [0.5, 0.6) is 0 Å². The summed E-state index contributed by atoms with van der Waals surface area (Å²) in [6, 6.07) is 6.07. The van der Waals surface area contributed by atoms with Crippen LogP contribution in [-0.4, -0.2) is 54.0 Å². The van der Waals surface area contributed by atoms with Crippen LogP contribution >= 0.6 is 11.3 Å². The van der Waals surface area contributed by atoms with Crippen molar-refractivity contribution in [3.63, 3.8) is 0 Å². The maximum absolute atomic E-state index is 12.7. The van der Waals surface area contributed by atoms with E-state index in [9.17, 15) is 4.79 Å². The van der Waals surface area contributed by atoms with Crippen LogP contribution in [0.2, 0.25) is 0 Å². The number of amides is 2. The van der Waals surface area contributed by atoms with Gasteiger partial charge in [0.15, 0.2) is 0 Å². The molecule has 0 saturated carbocycles. The number of rotatable bonds is 8. The van der Waals surface area contributed by atoms with Gasteiger partial charge in [-0.15, -0.1) is 0 Å². The van der Waals surface area contributed by atoms with E-state index in [0.717, 1.165) is 24.2 Å². The fraction of sp³-hybridized carbons (Fsp3) is 0.474. The van der Waals surface area contributed by atoms with E-state index in [2.05, 4.69) is 39.6 Å². The van der Waals surface area contributed by atoms with Crippen LogP contribution in [0.3, 0.4) is 0 Å². The highest BCUT2D eigenvalue weighted by molar-refractivity contribution is 7.07. The normalized spacial score (nSPS) is 12.2. The number of hydrogen-bond acceptors (Lipinski definition) is 4. The minimum atomic E-state index is -0.0193. The Hall–Kier alpha value is -1.92. The van der Waals surface area contributed by atoms with Crippen molar-refractivity contribution in [1.82, 2.24) is 20.1 Å². The van der Waals surface area contributed by atoms with Crippen molar-refractivity contribution in [2.24, 2.45) is 0 Å². The van der Waals surface area contributed by atoms with Crippen molar-refractivity contribution in [2.75, 3.05) is 27.2 Å². The van der Waals surface area contributed by atoms with E-state index in [-0.39, 0.29) is 12.1 Å². The molecule has 5 nitrogen and oxygen atoms in total. The summed E-state index contributed by atoms with van der Waals surface area (Å²) in [7, 11) is 4.04. The number of urea groups is 1. The van der Waals surface area contributed by atoms with Gasteiger partial charge in [0, 0.05) is 44.0 Å². The summed E-state index contributed by atoms with van der Waals surface area (Å²) in [5, 5.41) is 7.26. The monoisotopic (exact) mass is 360 g/mol. The average Bonchev–Trinajstić information content (AvgIpc) is 3.06. The second-order valence-electron chi connectivity index (χ2n) is 6.68. The number of likely N-dealkylation sites (N-methyl/N-ethyl adjacent to an activating group) is 1. The topological polar surface area (TPSA) is 48.5 Å². The Morgan fingerprint density at radius 3 is 2.76 bits per heavy atom. The zero-order valence-electron chi connectivity index (χ0n) is 15.5. The Kier molecular flexibility index (Phi) is 7.40. The molecule has 25 heavy (non-hydrogen) atoms. The number of aromatic nitrogens is 1. The maximum atomic E-state index is 12.7. The third-order valence-electron chi connectivity index (χ3n) is 4.05. The van der Waals surface area contributed by atoms with Crippen molar-refractivity contribution < 1.29 is 4.79 Å².